The van der Waals surface area contributed by atoms with Crippen LogP contribution in [-0.4, -0.2) is 25.1 Å². The third kappa shape index (κ3) is 3.20. The summed E-state index contributed by atoms with van der Waals surface area (Å²) >= 11 is 0. The molecule has 0 aromatic heterocycles. The van der Waals surface area contributed by atoms with Gasteiger partial charge in [-0.25, -0.2) is 9.05 Å². The van der Waals surface area contributed by atoms with Crippen LogP contribution in [0.5, 0.6) is 5.75 Å². The normalized spacial score (nSPS) is 25.7. The van der Waals surface area contributed by atoms with Crippen molar-refractivity contribution in [2.75, 3.05) is 13.2 Å². The Hall–Kier alpha value is -1.26. The number of ether oxygens (including phenoxy) is 1. The van der Waals surface area contributed by atoms with Crippen molar-refractivity contribution in [3.05, 3.63) is 35.1 Å². The van der Waals surface area contributed by atoms with Gasteiger partial charge in [0.05, 0.1) is 0 Å². The van der Waals surface area contributed by atoms with Crippen molar-refractivity contribution in [3.8, 4) is 5.75 Å². The molecule has 0 N–H and O–H groups in total. The molecule has 2 aliphatic rings. The van der Waals surface area contributed by atoms with Crippen molar-refractivity contribution in [1.29, 1.82) is 0 Å². The van der Waals surface area contributed by atoms with E-state index in [1.165, 1.54) is 0 Å². The minimum absolute atomic E-state index is 0.156. The van der Waals surface area contributed by atoms with Gasteiger partial charge < -0.3 is 9.63 Å². The number of hydrogen-bond donors (Lipinski definition) is 0. The lowest BCUT2D eigenvalue weighted by Crippen LogP contribution is -2.34. The lowest BCUT2D eigenvalue weighted by molar-refractivity contribution is -0.228. The number of fused-ring (bicyclic) bond motifs is 1. The zero-order valence-electron chi connectivity index (χ0n) is 13.8. The SMILES string of the molecule is CC1(C)CO[P+]([O-])(/C=C2\c3cc(C=O)ccc3OC2(C)C)OC1. The Morgan fingerprint density at radius 2 is 1.83 bits per heavy atom. The Balaban J connectivity index is 2.00. The monoisotopic (exact) mass is 336 g/mol. The maximum absolute atomic E-state index is 12.9. The minimum atomic E-state index is -3.33. The van der Waals surface area contributed by atoms with Crippen LogP contribution < -0.4 is 9.63 Å². The van der Waals surface area contributed by atoms with Gasteiger partial charge in [-0.15, -0.1) is 0 Å². The van der Waals surface area contributed by atoms with E-state index in [1.807, 2.05) is 27.7 Å². The highest BCUT2D eigenvalue weighted by atomic mass is 31.2. The summed E-state index contributed by atoms with van der Waals surface area (Å²) in [5.74, 6) is 2.21. The summed E-state index contributed by atoms with van der Waals surface area (Å²) in [6, 6.07) is 5.19. The fourth-order valence-electron chi connectivity index (χ4n) is 2.64. The molecule has 2 heterocycles. The molecular formula is C17H21O5P. The van der Waals surface area contributed by atoms with Gasteiger partial charge in [-0.3, -0.25) is 4.79 Å². The minimum Gasteiger partial charge on any atom is -0.628 e. The van der Waals surface area contributed by atoms with Gasteiger partial charge in [-0.05, 0) is 32.0 Å². The van der Waals surface area contributed by atoms with Gasteiger partial charge >= 0.3 is 0 Å². The highest BCUT2D eigenvalue weighted by molar-refractivity contribution is 7.62. The van der Waals surface area contributed by atoms with E-state index in [2.05, 4.69) is 0 Å². The molecule has 1 saturated heterocycles. The second-order valence-electron chi connectivity index (χ2n) is 7.28. The topological polar surface area (TPSA) is 67.8 Å². The molecule has 0 atom stereocenters. The molecule has 0 bridgehead atoms. The van der Waals surface area contributed by atoms with Crippen molar-refractivity contribution in [2.24, 2.45) is 5.41 Å². The van der Waals surface area contributed by atoms with Crippen LogP contribution in [0.1, 0.15) is 43.6 Å². The van der Waals surface area contributed by atoms with Gasteiger partial charge in [0.25, 0.3) is 7.94 Å². The number of carbonyl (C=O) groups excluding carboxylic acids is 1. The van der Waals surface area contributed by atoms with E-state index >= 15 is 0 Å². The summed E-state index contributed by atoms with van der Waals surface area (Å²) in [5, 5.41) is 0. The van der Waals surface area contributed by atoms with Crippen LogP contribution in [0.2, 0.25) is 0 Å². The second-order valence-corrected chi connectivity index (χ2v) is 9.13. The fraction of sp³-hybridized carbons (Fsp3) is 0.471. The molecule has 23 heavy (non-hydrogen) atoms. The number of rotatable bonds is 2. The maximum Gasteiger partial charge on any atom is 0.264 e. The molecule has 1 aromatic carbocycles. The molecular weight excluding hydrogens is 315 g/mol. The van der Waals surface area contributed by atoms with Gasteiger partial charge in [-0.2, -0.15) is 0 Å². The molecule has 124 valence electrons. The third-order valence-electron chi connectivity index (χ3n) is 4.00. The lowest BCUT2D eigenvalue weighted by atomic mass is 9.95. The fourth-order valence-corrected chi connectivity index (χ4v) is 4.69. The van der Waals surface area contributed by atoms with Crippen LogP contribution in [-0.2, 0) is 9.05 Å². The van der Waals surface area contributed by atoms with Crippen molar-refractivity contribution in [1.82, 2.24) is 0 Å². The Morgan fingerprint density at radius 3 is 2.43 bits per heavy atom. The second kappa shape index (κ2) is 5.38. The third-order valence-corrected chi connectivity index (χ3v) is 5.55. The number of hydrogen-bond acceptors (Lipinski definition) is 5. The van der Waals surface area contributed by atoms with Crippen LogP contribution in [0.15, 0.2) is 24.0 Å². The molecule has 0 amide bonds. The van der Waals surface area contributed by atoms with E-state index in [4.69, 9.17) is 13.8 Å². The summed E-state index contributed by atoms with van der Waals surface area (Å²) in [5.41, 5.74) is 1.20. The summed E-state index contributed by atoms with van der Waals surface area (Å²) in [7, 11) is -3.33. The van der Waals surface area contributed by atoms with Crippen LogP contribution in [0.4, 0.5) is 0 Å². The van der Waals surface area contributed by atoms with Crippen LogP contribution in [0.3, 0.4) is 0 Å². The average molecular weight is 336 g/mol. The summed E-state index contributed by atoms with van der Waals surface area (Å²) in [4.78, 5) is 23.9. The Bertz CT molecular complexity index is 668. The standard InChI is InChI=1S/C17H21O5P/c1-16(2)10-20-23(19,21-11-16)9-14-13-7-12(8-18)5-6-15(13)22-17(14,3)4/h5-9H,10-11H2,1-4H3/b14-9+. The average Bonchev–Trinajstić information content (AvgIpc) is 2.73. The van der Waals surface area contributed by atoms with Crippen molar-refractivity contribution in [3.63, 3.8) is 0 Å². The van der Waals surface area contributed by atoms with E-state index in [0.29, 0.717) is 24.5 Å². The van der Waals surface area contributed by atoms with Crippen molar-refractivity contribution >= 4 is 19.8 Å². The van der Waals surface area contributed by atoms with E-state index < -0.39 is 13.5 Å². The van der Waals surface area contributed by atoms with Crippen LogP contribution in [0, 0.1) is 5.41 Å². The van der Waals surface area contributed by atoms with E-state index in [1.54, 1.807) is 24.0 Å². The van der Waals surface area contributed by atoms with Crippen LogP contribution >= 0.6 is 7.94 Å². The first-order valence-electron chi connectivity index (χ1n) is 7.55. The molecule has 6 heteroatoms. The highest BCUT2D eigenvalue weighted by Gasteiger charge is 2.44. The lowest BCUT2D eigenvalue weighted by Gasteiger charge is -2.36. The number of benzene rings is 1. The summed E-state index contributed by atoms with van der Waals surface area (Å²) in [6.45, 7) is 8.52. The van der Waals surface area contributed by atoms with Crippen molar-refractivity contribution in [2.45, 2.75) is 33.3 Å². The molecule has 0 saturated carbocycles. The first-order chi connectivity index (χ1) is 10.6. The van der Waals surface area contributed by atoms with Gasteiger partial charge in [0.2, 0.25) is 0 Å². The van der Waals surface area contributed by atoms with E-state index in [-0.39, 0.29) is 5.41 Å². The van der Waals surface area contributed by atoms with E-state index in [0.717, 1.165) is 17.4 Å². The smallest absolute Gasteiger partial charge is 0.264 e. The molecule has 3 rings (SSSR count). The van der Waals surface area contributed by atoms with Gasteiger partial charge in [-0.1, -0.05) is 13.8 Å². The quantitative estimate of drug-likeness (QED) is 0.613. The molecule has 2 aliphatic heterocycles. The first-order valence-corrected chi connectivity index (χ1v) is 9.16. The van der Waals surface area contributed by atoms with Gasteiger partial charge in [0.1, 0.15) is 36.7 Å². The number of aldehydes is 1. The predicted molar refractivity (Wildman–Crippen MR) is 87.1 cm³/mol. The molecule has 0 unspecified atom stereocenters. The largest absolute Gasteiger partial charge is 0.628 e. The zero-order chi connectivity index (χ0) is 16.9. The maximum atomic E-state index is 12.9. The molecule has 0 spiro atoms. The Morgan fingerprint density at radius 1 is 1.17 bits per heavy atom. The van der Waals surface area contributed by atoms with Gasteiger partial charge in [0.15, 0.2) is 0 Å². The zero-order valence-corrected chi connectivity index (χ0v) is 14.7. The molecule has 5 nitrogen and oxygen atoms in total. The van der Waals surface area contributed by atoms with Crippen molar-refractivity contribution < 1.29 is 23.5 Å². The Kier molecular flexibility index (Phi) is 3.88. The van der Waals surface area contributed by atoms with Crippen LogP contribution in [0.25, 0.3) is 5.57 Å². The highest BCUT2D eigenvalue weighted by Crippen LogP contribution is 2.62. The summed E-state index contributed by atoms with van der Waals surface area (Å²) < 4.78 is 17.0. The van der Waals surface area contributed by atoms with E-state index in [9.17, 15) is 9.69 Å². The van der Waals surface area contributed by atoms with Gasteiger partial charge in [0, 0.05) is 22.1 Å². The molecule has 1 aromatic rings. The molecule has 0 radical (unpaired) electrons. The summed E-state index contributed by atoms with van der Waals surface area (Å²) in [6.07, 6.45) is 0.779. The molecule has 1 fully saturated rings. The Labute approximate surface area is 136 Å². The molecule has 0 aliphatic carbocycles. The first kappa shape index (κ1) is 16.6. The predicted octanol–water partition coefficient (Wildman–Crippen LogP) is 3.21. The number of carbonyl (C=O) groups is 1.